The Morgan fingerprint density at radius 1 is 1.29 bits per heavy atom. The molecule has 0 saturated carbocycles. The Kier molecular flexibility index (Phi) is 4.64. The third-order valence-electron chi connectivity index (χ3n) is 2.69. The number of hydrogen-bond acceptors (Lipinski definition) is 6. The van der Waals surface area contributed by atoms with Gasteiger partial charge < -0.3 is 15.8 Å². The van der Waals surface area contributed by atoms with Crippen molar-refractivity contribution in [2.24, 2.45) is 0 Å². The maximum Gasteiger partial charge on any atom is 0.179 e. The molecular weight excluding hydrogens is 290 g/mol. The Morgan fingerprint density at radius 2 is 2.10 bits per heavy atom. The highest BCUT2D eigenvalue weighted by Crippen LogP contribution is 2.17. The summed E-state index contributed by atoms with van der Waals surface area (Å²) in [5.74, 6) is 0.998. The highest BCUT2D eigenvalue weighted by molar-refractivity contribution is 7.90. The molecule has 0 fully saturated rings. The predicted molar refractivity (Wildman–Crippen MR) is 82.2 cm³/mol. The molecule has 3 N–H and O–H groups in total. The zero-order chi connectivity index (χ0) is 15.3. The summed E-state index contributed by atoms with van der Waals surface area (Å²) >= 11 is 0. The number of aromatic nitrogens is 1. The van der Waals surface area contributed by atoms with Gasteiger partial charge in [-0.05, 0) is 24.3 Å². The van der Waals surface area contributed by atoms with Crippen LogP contribution in [0.1, 0.15) is 0 Å². The summed E-state index contributed by atoms with van der Waals surface area (Å²) in [6.45, 7) is 0.789. The van der Waals surface area contributed by atoms with Gasteiger partial charge in [0.15, 0.2) is 9.84 Å². The number of rotatable bonds is 6. The third kappa shape index (κ3) is 4.35. The van der Waals surface area contributed by atoms with Crippen LogP contribution in [0.4, 0.5) is 11.5 Å². The average Bonchev–Trinajstić information content (AvgIpc) is 2.43. The molecule has 0 aliphatic rings. The van der Waals surface area contributed by atoms with E-state index in [1.54, 1.807) is 30.3 Å². The van der Waals surface area contributed by atoms with E-state index in [4.69, 9.17) is 10.5 Å². The lowest BCUT2D eigenvalue weighted by Gasteiger charge is -2.10. The van der Waals surface area contributed by atoms with Gasteiger partial charge in [0.25, 0.3) is 0 Å². The van der Waals surface area contributed by atoms with E-state index in [0.29, 0.717) is 30.4 Å². The molecule has 0 aliphatic heterocycles. The highest BCUT2D eigenvalue weighted by atomic mass is 32.2. The Labute approximate surface area is 123 Å². The number of pyridine rings is 1. The lowest BCUT2D eigenvalue weighted by Crippen LogP contribution is -2.14. The first kappa shape index (κ1) is 15.1. The van der Waals surface area contributed by atoms with Gasteiger partial charge in [0, 0.05) is 24.2 Å². The molecular formula is C14H17N3O3S. The Bertz CT molecular complexity index is 717. The predicted octanol–water partition coefficient (Wildman–Crippen LogP) is 1.56. The number of nitrogens with two attached hydrogens (primary N) is 1. The monoisotopic (exact) mass is 307 g/mol. The lowest BCUT2D eigenvalue weighted by molar-refractivity contribution is 0.333. The van der Waals surface area contributed by atoms with Crippen LogP contribution in [0.15, 0.2) is 47.5 Å². The second-order valence-electron chi connectivity index (χ2n) is 4.47. The molecule has 0 unspecified atom stereocenters. The minimum absolute atomic E-state index is 0.175. The zero-order valence-corrected chi connectivity index (χ0v) is 12.4. The maximum absolute atomic E-state index is 11.6. The van der Waals surface area contributed by atoms with Gasteiger partial charge in [-0.2, -0.15) is 0 Å². The molecule has 2 rings (SSSR count). The van der Waals surface area contributed by atoms with E-state index in [1.165, 1.54) is 12.3 Å². The van der Waals surface area contributed by atoms with Crippen molar-refractivity contribution in [3.8, 4) is 5.75 Å². The number of sulfone groups is 1. The molecule has 0 atom stereocenters. The van der Waals surface area contributed by atoms with Crippen LogP contribution in [0.5, 0.6) is 5.75 Å². The molecule has 0 radical (unpaired) electrons. The van der Waals surface area contributed by atoms with Crippen molar-refractivity contribution in [3.63, 3.8) is 0 Å². The van der Waals surface area contributed by atoms with Gasteiger partial charge in [-0.1, -0.05) is 6.07 Å². The molecule has 6 nitrogen and oxygen atoms in total. The Morgan fingerprint density at radius 3 is 2.81 bits per heavy atom. The van der Waals surface area contributed by atoms with Gasteiger partial charge in [0.05, 0.1) is 6.54 Å². The molecule has 1 aromatic heterocycles. The highest BCUT2D eigenvalue weighted by Gasteiger charge is 2.13. The standard InChI is InChI=1S/C14H17N3O3S/c1-21(18,19)13-6-3-7-16-14(13)17-8-9-20-12-5-2-4-11(15)10-12/h2-7,10H,8-9,15H2,1H3,(H,16,17). The Hall–Kier alpha value is -2.28. The summed E-state index contributed by atoms with van der Waals surface area (Å²) in [4.78, 5) is 4.21. The number of nitrogen functional groups attached to an aromatic ring is 1. The van der Waals surface area contributed by atoms with Crippen LogP contribution in [0, 0.1) is 0 Å². The van der Waals surface area contributed by atoms with Crippen LogP contribution in [-0.2, 0) is 9.84 Å². The molecule has 112 valence electrons. The summed E-state index contributed by atoms with van der Waals surface area (Å²) in [6.07, 6.45) is 2.69. The molecule has 1 aromatic carbocycles. The number of hydrogen-bond donors (Lipinski definition) is 2. The number of nitrogens with one attached hydrogen (secondary N) is 1. The molecule has 0 aliphatic carbocycles. The number of anilines is 2. The van der Waals surface area contributed by atoms with Crippen LogP contribution in [0.2, 0.25) is 0 Å². The summed E-state index contributed by atoms with van der Waals surface area (Å²) in [6, 6.07) is 10.2. The summed E-state index contributed by atoms with van der Waals surface area (Å²) in [5, 5.41) is 2.96. The molecule has 0 bridgehead atoms. The van der Waals surface area contributed by atoms with Crippen LogP contribution in [-0.4, -0.2) is 32.8 Å². The molecule has 1 heterocycles. The van der Waals surface area contributed by atoms with Crippen molar-refractivity contribution < 1.29 is 13.2 Å². The lowest BCUT2D eigenvalue weighted by atomic mass is 10.3. The van der Waals surface area contributed by atoms with E-state index in [2.05, 4.69) is 10.3 Å². The zero-order valence-electron chi connectivity index (χ0n) is 11.6. The smallest absolute Gasteiger partial charge is 0.179 e. The first-order valence-corrected chi connectivity index (χ1v) is 8.23. The van der Waals surface area contributed by atoms with E-state index >= 15 is 0 Å². The topological polar surface area (TPSA) is 94.3 Å². The molecule has 0 amide bonds. The van der Waals surface area contributed by atoms with Crippen molar-refractivity contribution in [3.05, 3.63) is 42.6 Å². The summed E-state index contributed by atoms with van der Waals surface area (Å²) < 4.78 is 28.8. The van der Waals surface area contributed by atoms with Crippen molar-refractivity contribution in [2.45, 2.75) is 4.90 Å². The fourth-order valence-corrected chi connectivity index (χ4v) is 2.57. The maximum atomic E-state index is 11.6. The number of ether oxygens (including phenoxy) is 1. The second kappa shape index (κ2) is 6.45. The Balaban J connectivity index is 1.93. The van der Waals surface area contributed by atoms with Crippen molar-refractivity contribution >= 4 is 21.3 Å². The quantitative estimate of drug-likeness (QED) is 0.621. The van der Waals surface area contributed by atoms with E-state index in [9.17, 15) is 8.42 Å². The van der Waals surface area contributed by atoms with E-state index in [1.807, 2.05) is 0 Å². The van der Waals surface area contributed by atoms with Crippen LogP contribution >= 0.6 is 0 Å². The van der Waals surface area contributed by atoms with Gasteiger partial charge in [-0.3, -0.25) is 0 Å². The first-order chi connectivity index (χ1) is 9.97. The summed E-state index contributed by atoms with van der Waals surface area (Å²) in [5.41, 5.74) is 6.28. The van der Waals surface area contributed by atoms with E-state index in [-0.39, 0.29) is 4.90 Å². The SMILES string of the molecule is CS(=O)(=O)c1cccnc1NCCOc1cccc(N)c1. The average molecular weight is 307 g/mol. The van der Waals surface area contributed by atoms with Crippen molar-refractivity contribution in [1.82, 2.24) is 4.98 Å². The molecule has 0 saturated heterocycles. The fraction of sp³-hybridized carbons (Fsp3) is 0.214. The van der Waals surface area contributed by atoms with E-state index in [0.717, 1.165) is 6.26 Å². The van der Waals surface area contributed by atoms with Gasteiger partial charge in [0.1, 0.15) is 23.1 Å². The molecule has 0 spiro atoms. The molecule has 2 aromatic rings. The summed E-state index contributed by atoms with van der Waals surface area (Å²) in [7, 11) is -3.31. The minimum Gasteiger partial charge on any atom is -0.492 e. The van der Waals surface area contributed by atoms with Gasteiger partial charge in [0.2, 0.25) is 0 Å². The largest absolute Gasteiger partial charge is 0.492 e. The normalized spacial score (nSPS) is 11.1. The van der Waals surface area contributed by atoms with Gasteiger partial charge in [-0.25, -0.2) is 13.4 Å². The van der Waals surface area contributed by atoms with Crippen LogP contribution in [0.25, 0.3) is 0 Å². The van der Waals surface area contributed by atoms with Gasteiger partial charge in [-0.15, -0.1) is 0 Å². The first-order valence-electron chi connectivity index (χ1n) is 6.34. The van der Waals surface area contributed by atoms with Crippen LogP contribution in [0.3, 0.4) is 0 Å². The number of nitrogens with zero attached hydrogens (tertiary/aromatic N) is 1. The van der Waals surface area contributed by atoms with Gasteiger partial charge >= 0.3 is 0 Å². The minimum atomic E-state index is -3.31. The van der Waals surface area contributed by atoms with Crippen molar-refractivity contribution in [1.29, 1.82) is 0 Å². The second-order valence-corrected chi connectivity index (χ2v) is 6.45. The molecule has 7 heteroatoms. The fourth-order valence-electron chi connectivity index (χ4n) is 1.77. The van der Waals surface area contributed by atoms with Crippen LogP contribution < -0.4 is 15.8 Å². The number of benzene rings is 1. The van der Waals surface area contributed by atoms with E-state index < -0.39 is 9.84 Å². The van der Waals surface area contributed by atoms with Crippen molar-refractivity contribution in [2.75, 3.05) is 30.5 Å². The molecule has 21 heavy (non-hydrogen) atoms. The third-order valence-corrected chi connectivity index (χ3v) is 3.82.